The second-order valence-electron chi connectivity index (χ2n) is 7.14. The maximum Gasteiger partial charge on any atom is 0.573 e. The number of pyridine rings is 1. The normalized spacial score (nSPS) is 21.3. The van der Waals surface area contributed by atoms with Crippen molar-refractivity contribution in [2.75, 3.05) is 30.4 Å². The third-order valence-corrected chi connectivity index (χ3v) is 4.98. The molecule has 0 saturated carbocycles. The van der Waals surface area contributed by atoms with Gasteiger partial charge in [0, 0.05) is 12.7 Å². The van der Waals surface area contributed by atoms with Gasteiger partial charge in [0.2, 0.25) is 0 Å². The van der Waals surface area contributed by atoms with Crippen LogP contribution in [0.15, 0.2) is 64.0 Å². The van der Waals surface area contributed by atoms with E-state index in [0.717, 1.165) is 12.4 Å². The zero-order valence-corrected chi connectivity index (χ0v) is 16.7. The number of aliphatic imine (C=N–C) groups is 2. The molecule has 0 radical (unpaired) electrons. The Hall–Kier alpha value is -3.93. The van der Waals surface area contributed by atoms with Crippen LogP contribution in [0.25, 0.3) is 0 Å². The van der Waals surface area contributed by atoms with Gasteiger partial charge in [-0.2, -0.15) is 4.99 Å². The average molecular weight is 444 g/mol. The van der Waals surface area contributed by atoms with Crippen LogP contribution in [0.5, 0.6) is 11.5 Å². The SMILES string of the molecule is CN1CCOc2cc([N+]34C=CN=CC3=NC(Nc3ccc(OC(F)(F)F)cc3)=N4)cnc21. The number of rotatable bonds is 3. The molecule has 1 unspecified atom stereocenters. The van der Waals surface area contributed by atoms with E-state index in [2.05, 4.69) is 25.0 Å². The minimum Gasteiger partial charge on any atom is -0.488 e. The van der Waals surface area contributed by atoms with Crippen LogP contribution in [0, 0.1) is 0 Å². The Morgan fingerprint density at radius 3 is 2.81 bits per heavy atom. The van der Waals surface area contributed by atoms with E-state index in [0.29, 0.717) is 29.6 Å². The summed E-state index contributed by atoms with van der Waals surface area (Å²) in [6.45, 7) is 1.30. The van der Waals surface area contributed by atoms with E-state index >= 15 is 0 Å². The number of ether oxygens (including phenoxy) is 2. The standard InChI is InChI=1S/C20H17F3N7O2/c1-29-7-9-31-16-10-14(11-25-18(16)29)30-8-6-24-12-17(30)27-19(28-30)26-13-2-4-15(5-3-13)32-20(21,22)23/h2-6,8,10-12H,7,9H2,1H3,(H,26,28)/q+1. The first kappa shape index (κ1) is 20.0. The van der Waals surface area contributed by atoms with E-state index in [1.54, 1.807) is 24.8 Å². The lowest BCUT2D eigenvalue weighted by atomic mass is 10.2. The van der Waals surface area contributed by atoms with Crippen LogP contribution in [0.4, 0.5) is 30.4 Å². The molecule has 5 rings (SSSR count). The molecule has 0 spiro atoms. The molecule has 0 amide bonds. The number of hydrogen-bond acceptors (Lipinski definition) is 8. The highest BCUT2D eigenvalue weighted by molar-refractivity contribution is 6.38. The van der Waals surface area contributed by atoms with E-state index in [9.17, 15) is 13.2 Å². The maximum absolute atomic E-state index is 12.4. The highest BCUT2D eigenvalue weighted by Crippen LogP contribution is 2.37. The van der Waals surface area contributed by atoms with E-state index in [4.69, 9.17) is 9.84 Å². The number of halogens is 3. The minimum atomic E-state index is -4.75. The van der Waals surface area contributed by atoms with Crippen LogP contribution in [-0.4, -0.2) is 49.6 Å². The summed E-state index contributed by atoms with van der Waals surface area (Å²) in [4.78, 5) is 15.2. The van der Waals surface area contributed by atoms with Crippen molar-refractivity contribution in [1.82, 2.24) is 9.58 Å². The lowest BCUT2D eigenvalue weighted by molar-refractivity contribution is -0.274. The number of alkyl halides is 3. The first-order valence-electron chi connectivity index (χ1n) is 9.59. The Morgan fingerprint density at radius 1 is 1.22 bits per heavy atom. The first-order valence-corrected chi connectivity index (χ1v) is 9.59. The molecule has 0 aliphatic carbocycles. The largest absolute Gasteiger partial charge is 0.573 e. The molecule has 3 aliphatic rings. The quantitative estimate of drug-likeness (QED) is 0.733. The van der Waals surface area contributed by atoms with Crippen molar-refractivity contribution in [3.05, 3.63) is 48.9 Å². The average Bonchev–Trinajstić information content (AvgIpc) is 3.13. The van der Waals surface area contributed by atoms with Gasteiger partial charge in [0.25, 0.3) is 11.8 Å². The number of benzene rings is 1. The van der Waals surface area contributed by atoms with Gasteiger partial charge in [0.15, 0.2) is 23.5 Å². The number of aromatic nitrogens is 1. The highest BCUT2D eigenvalue weighted by atomic mass is 19.4. The summed E-state index contributed by atoms with van der Waals surface area (Å²) in [6, 6.07) is 7.17. The van der Waals surface area contributed by atoms with Gasteiger partial charge in [-0.3, -0.25) is 4.99 Å². The number of likely N-dealkylation sites (N-methyl/N-ethyl adjacent to an activating group) is 1. The number of guanidine groups is 1. The minimum absolute atomic E-state index is 0.103. The zero-order valence-electron chi connectivity index (χ0n) is 16.7. The molecule has 1 atom stereocenters. The second kappa shape index (κ2) is 7.34. The Morgan fingerprint density at radius 2 is 2.03 bits per heavy atom. The molecule has 164 valence electrons. The van der Waals surface area contributed by atoms with E-state index < -0.39 is 6.36 Å². The third-order valence-electron chi connectivity index (χ3n) is 4.98. The lowest BCUT2D eigenvalue weighted by Crippen LogP contribution is -2.44. The summed E-state index contributed by atoms with van der Waals surface area (Å²) >= 11 is 0. The summed E-state index contributed by atoms with van der Waals surface area (Å²) in [6.07, 6.45) is 1.91. The molecular weight excluding hydrogens is 427 g/mol. The van der Waals surface area contributed by atoms with Gasteiger partial charge < -0.3 is 19.7 Å². The van der Waals surface area contributed by atoms with Crippen LogP contribution in [0.1, 0.15) is 0 Å². The van der Waals surface area contributed by atoms with E-state index in [-0.39, 0.29) is 16.3 Å². The van der Waals surface area contributed by atoms with Crippen molar-refractivity contribution < 1.29 is 22.6 Å². The van der Waals surface area contributed by atoms with Crippen molar-refractivity contribution >= 4 is 35.2 Å². The maximum atomic E-state index is 12.4. The van der Waals surface area contributed by atoms with Gasteiger partial charge in [-0.15, -0.1) is 13.2 Å². The van der Waals surface area contributed by atoms with Crippen LogP contribution >= 0.6 is 0 Å². The molecule has 2 aromatic rings. The Bertz CT molecular complexity index is 1170. The number of anilines is 2. The second-order valence-corrected chi connectivity index (χ2v) is 7.14. The first-order chi connectivity index (χ1) is 15.3. The highest BCUT2D eigenvalue weighted by Gasteiger charge is 2.44. The third kappa shape index (κ3) is 3.64. The van der Waals surface area contributed by atoms with Crippen molar-refractivity contribution in [2.24, 2.45) is 15.1 Å². The van der Waals surface area contributed by atoms with Crippen molar-refractivity contribution in [1.29, 1.82) is 0 Å². The molecule has 0 fully saturated rings. The summed E-state index contributed by atoms with van der Waals surface area (Å²) in [7, 11) is 1.95. The van der Waals surface area contributed by atoms with Gasteiger partial charge in [0.1, 0.15) is 18.6 Å². The molecule has 1 N–H and O–H groups in total. The van der Waals surface area contributed by atoms with Gasteiger partial charge in [-0.1, -0.05) is 4.59 Å². The predicted molar refractivity (Wildman–Crippen MR) is 114 cm³/mol. The molecule has 3 aliphatic heterocycles. The van der Waals surface area contributed by atoms with Crippen LogP contribution < -0.4 is 24.3 Å². The summed E-state index contributed by atoms with van der Waals surface area (Å²) in [5.41, 5.74) is 1.20. The molecule has 1 aromatic carbocycles. The van der Waals surface area contributed by atoms with Gasteiger partial charge in [-0.05, 0) is 29.4 Å². The number of fused-ring (bicyclic) bond motifs is 2. The molecule has 0 bridgehead atoms. The number of hydrogen-bond donors (Lipinski definition) is 1. The van der Waals surface area contributed by atoms with Crippen LogP contribution in [0.2, 0.25) is 0 Å². The van der Waals surface area contributed by atoms with Gasteiger partial charge in [-0.25, -0.2) is 4.98 Å². The number of quaternary nitrogens is 1. The van der Waals surface area contributed by atoms with Crippen LogP contribution in [-0.2, 0) is 0 Å². The fraction of sp³-hybridized carbons (Fsp3) is 0.200. The topological polar surface area (TPSA) is 83.7 Å². The van der Waals surface area contributed by atoms with E-state index in [1.165, 1.54) is 24.3 Å². The summed E-state index contributed by atoms with van der Waals surface area (Å²) in [5.74, 6) is 1.87. The molecule has 12 heteroatoms. The number of nitrogens with one attached hydrogen (secondary N) is 1. The molecule has 4 heterocycles. The summed E-state index contributed by atoms with van der Waals surface area (Å²) < 4.78 is 46.6. The van der Waals surface area contributed by atoms with Crippen molar-refractivity contribution in [2.45, 2.75) is 6.36 Å². The van der Waals surface area contributed by atoms with Gasteiger partial charge in [0.05, 0.1) is 25.0 Å². The summed E-state index contributed by atoms with van der Waals surface area (Å²) in [5, 5.41) is 7.70. The number of nitrogens with zero attached hydrogens (tertiary/aromatic N) is 6. The van der Waals surface area contributed by atoms with Gasteiger partial charge >= 0.3 is 6.36 Å². The zero-order chi connectivity index (χ0) is 22.3. The lowest BCUT2D eigenvalue weighted by Gasteiger charge is -2.28. The molecular formula is C20H17F3N7O2+. The van der Waals surface area contributed by atoms with E-state index in [1.807, 2.05) is 18.0 Å². The van der Waals surface area contributed by atoms with Crippen molar-refractivity contribution in [3.8, 4) is 11.5 Å². The molecule has 1 aromatic heterocycles. The Labute approximate surface area is 180 Å². The molecule has 0 saturated heterocycles. The number of amidine groups is 1. The molecule has 9 nitrogen and oxygen atoms in total. The Kier molecular flexibility index (Phi) is 4.59. The van der Waals surface area contributed by atoms with Crippen molar-refractivity contribution in [3.63, 3.8) is 0 Å². The monoisotopic (exact) mass is 444 g/mol. The fourth-order valence-electron chi connectivity index (χ4n) is 3.48. The Balaban J connectivity index is 1.44. The molecule has 32 heavy (non-hydrogen) atoms. The predicted octanol–water partition coefficient (Wildman–Crippen LogP) is 3.47. The smallest absolute Gasteiger partial charge is 0.488 e. The fourth-order valence-corrected chi connectivity index (χ4v) is 3.48. The van der Waals surface area contributed by atoms with Crippen LogP contribution in [0.3, 0.4) is 0 Å².